The number of hydrogen-bond acceptors (Lipinski definition) is 2. The smallest absolute Gasteiger partial charge is 0.119 e. The fourth-order valence-corrected chi connectivity index (χ4v) is 1.74. The summed E-state index contributed by atoms with van der Waals surface area (Å²) in [4.78, 5) is 0.834. The van der Waals surface area contributed by atoms with Crippen LogP contribution >= 0.6 is 11.5 Å². The Morgan fingerprint density at radius 2 is 2.18 bits per heavy atom. The Morgan fingerprint density at radius 1 is 1.36 bits per heavy atom. The highest BCUT2D eigenvalue weighted by molar-refractivity contribution is 7.07. The maximum absolute atomic E-state index is 10.6. The molecule has 1 radical (unpaired) electrons. The molecule has 1 aromatic heterocycles. The van der Waals surface area contributed by atoms with Gasteiger partial charge in [-0.05, 0) is 17.6 Å². The molecule has 1 heterocycles. The van der Waals surface area contributed by atoms with E-state index in [2.05, 4.69) is 4.37 Å². The van der Waals surface area contributed by atoms with Crippen LogP contribution in [0.5, 0.6) is 0 Å². The monoisotopic (exact) mass is 164 g/mol. The highest BCUT2D eigenvalue weighted by Gasteiger charge is 2.02. The first-order chi connectivity index (χ1) is 5.42. The third-order valence-electron chi connectivity index (χ3n) is 1.59. The van der Waals surface area contributed by atoms with E-state index in [1.54, 1.807) is 0 Å². The Labute approximate surface area is 68.3 Å². The maximum Gasteiger partial charge on any atom is 0.119 e. The third kappa shape index (κ3) is 1.02. The van der Waals surface area contributed by atoms with E-state index in [-0.39, 0.29) is 6.61 Å². The van der Waals surface area contributed by atoms with E-state index in [1.807, 2.05) is 24.3 Å². The van der Waals surface area contributed by atoms with Gasteiger partial charge in [0, 0.05) is 5.39 Å². The molecule has 2 aromatic rings. The highest BCUT2D eigenvalue weighted by atomic mass is 32.1. The van der Waals surface area contributed by atoms with Crippen molar-refractivity contribution in [3.8, 4) is 0 Å². The average Bonchev–Trinajstić information content (AvgIpc) is 2.47. The van der Waals surface area contributed by atoms with Crippen LogP contribution in [0.1, 0.15) is 4.88 Å². The van der Waals surface area contributed by atoms with E-state index in [1.165, 1.54) is 11.5 Å². The van der Waals surface area contributed by atoms with Crippen LogP contribution in [0.3, 0.4) is 0 Å². The van der Waals surface area contributed by atoms with Gasteiger partial charge in [-0.2, -0.15) is 4.37 Å². The minimum Gasteiger partial charge on any atom is -0.231 e. The van der Waals surface area contributed by atoms with Gasteiger partial charge in [0.1, 0.15) is 6.61 Å². The molecule has 0 aliphatic heterocycles. The molecule has 1 aromatic carbocycles. The standard InChI is InChI=1S/C8H6NOS/c10-5-8-6-3-1-2-4-7(6)9-11-8/h1-4H,5H2. The van der Waals surface area contributed by atoms with Gasteiger partial charge in [0.05, 0.1) is 10.4 Å². The molecule has 0 bridgehead atoms. The van der Waals surface area contributed by atoms with Crippen LogP contribution in [0.2, 0.25) is 0 Å². The van der Waals surface area contributed by atoms with Gasteiger partial charge in [0.25, 0.3) is 0 Å². The minimum absolute atomic E-state index is 0.162. The van der Waals surface area contributed by atoms with Gasteiger partial charge in [-0.15, -0.1) is 0 Å². The molecule has 55 valence electrons. The van der Waals surface area contributed by atoms with Gasteiger partial charge < -0.3 is 0 Å². The molecule has 2 nitrogen and oxygen atoms in total. The van der Waals surface area contributed by atoms with E-state index in [9.17, 15) is 5.11 Å². The summed E-state index contributed by atoms with van der Waals surface area (Å²) in [6.45, 7) is -0.162. The molecule has 0 atom stereocenters. The maximum atomic E-state index is 10.6. The third-order valence-corrected chi connectivity index (χ3v) is 2.44. The fourth-order valence-electron chi connectivity index (χ4n) is 1.05. The summed E-state index contributed by atoms with van der Waals surface area (Å²) in [5.41, 5.74) is 0.934. The van der Waals surface area contributed by atoms with E-state index in [0.717, 1.165) is 15.8 Å². The van der Waals surface area contributed by atoms with Crippen molar-refractivity contribution in [1.82, 2.24) is 4.37 Å². The number of rotatable bonds is 1. The molecular formula is C8H6NOS. The lowest BCUT2D eigenvalue weighted by atomic mass is 10.2. The van der Waals surface area contributed by atoms with Gasteiger partial charge >= 0.3 is 0 Å². The molecule has 0 fully saturated rings. The quantitative estimate of drug-likeness (QED) is 0.636. The SMILES string of the molecule is [O]Cc1snc2ccccc12. The molecule has 0 amide bonds. The van der Waals surface area contributed by atoms with Crippen molar-refractivity contribution in [3.05, 3.63) is 29.1 Å². The Hall–Kier alpha value is -0.930. The summed E-state index contributed by atoms with van der Waals surface area (Å²) in [6, 6.07) is 7.71. The number of aromatic nitrogens is 1. The zero-order chi connectivity index (χ0) is 7.68. The van der Waals surface area contributed by atoms with Crippen LogP contribution in [-0.4, -0.2) is 4.37 Å². The molecule has 0 aliphatic rings. The van der Waals surface area contributed by atoms with E-state index >= 15 is 0 Å². The summed E-state index contributed by atoms with van der Waals surface area (Å²) < 4.78 is 4.13. The molecule has 0 aliphatic carbocycles. The van der Waals surface area contributed by atoms with Crippen molar-refractivity contribution < 1.29 is 5.11 Å². The molecule has 3 heteroatoms. The summed E-state index contributed by atoms with van der Waals surface area (Å²) in [6.07, 6.45) is 0. The predicted octanol–water partition coefficient (Wildman–Crippen LogP) is 2.23. The lowest BCUT2D eigenvalue weighted by Crippen LogP contribution is -1.73. The summed E-state index contributed by atoms with van der Waals surface area (Å²) in [7, 11) is 0. The Kier molecular flexibility index (Phi) is 1.60. The molecule has 0 saturated carbocycles. The number of hydrogen-bond donors (Lipinski definition) is 0. The van der Waals surface area contributed by atoms with Crippen LogP contribution in [0.25, 0.3) is 10.9 Å². The van der Waals surface area contributed by atoms with Crippen molar-refractivity contribution >= 4 is 22.4 Å². The molecule has 0 spiro atoms. The van der Waals surface area contributed by atoms with Crippen molar-refractivity contribution in [1.29, 1.82) is 0 Å². The lowest BCUT2D eigenvalue weighted by molar-refractivity contribution is 0.181. The first-order valence-corrected chi connectivity index (χ1v) is 4.10. The Bertz CT molecular complexity index is 369. The zero-order valence-corrected chi connectivity index (χ0v) is 6.60. The van der Waals surface area contributed by atoms with Crippen LogP contribution in [0.15, 0.2) is 24.3 Å². The number of fused-ring (bicyclic) bond motifs is 1. The van der Waals surface area contributed by atoms with Crippen LogP contribution in [0.4, 0.5) is 0 Å². The Balaban J connectivity index is 2.76. The largest absolute Gasteiger partial charge is 0.231 e. The zero-order valence-electron chi connectivity index (χ0n) is 5.78. The predicted molar refractivity (Wildman–Crippen MR) is 44.0 cm³/mol. The summed E-state index contributed by atoms with van der Waals surface area (Å²) >= 11 is 1.30. The highest BCUT2D eigenvalue weighted by Crippen LogP contribution is 2.21. The summed E-state index contributed by atoms with van der Waals surface area (Å²) in [5, 5.41) is 11.6. The summed E-state index contributed by atoms with van der Waals surface area (Å²) in [5.74, 6) is 0. The van der Waals surface area contributed by atoms with Crippen LogP contribution < -0.4 is 0 Å². The van der Waals surface area contributed by atoms with E-state index in [4.69, 9.17) is 0 Å². The van der Waals surface area contributed by atoms with Gasteiger partial charge in [-0.25, -0.2) is 5.11 Å². The first-order valence-electron chi connectivity index (χ1n) is 3.33. The molecule has 0 saturated heterocycles. The van der Waals surface area contributed by atoms with Crippen molar-refractivity contribution in [2.24, 2.45) is 0 Å². The van der Waals surface area contributed by atoms with Gasteiger partial charge in [-0.1, -0.05) is 18.2 Å². The molecule has 11 heavy (non-hydrogen) atoms. The van der Waals surface area contributed by atoms with Crippen molar-refractivity contribution in [2.75, 3.05) is 0 Å². The number of benzene rings is 1. The topological polar surface area (TPSA) is 32.8 Å². The van der Waals surface area contributed by atoms with Crippen molar-refractivity contribution in [3.63, 3.8) is 0 Å². The van der Waals surface area contributed by atoms with E-state index in [0.29, 0.717) is 0 Å². The molecule has 0 N–H and O–H groups in total. The minimum atomic E-state index is -0.162. The van der Waals surface area contributed by atoms with Crippen molar-refractivity contribution in [2.45, 2.75) is 6.61 Å². The van der Waals surface area contributed by atoms with Gasteiger partial charge in [0.2, 0.25) is 0 Å². The first kappa shape index (κ1) is 6.76. The lowest BCUT2D eigenvalue weighted by Gasteiger charge is -1.87. The molecule has 0 unspecified atom stereocenters. The average molecular weight is 164 g/mol. The molecular weight excluding hydrogens is 158 g/mol. The second-order valence-electron chi connectivity index (χ2n) is 2.27. The second kappa shape index (κ2) is 2.60. The Morgan fingerprint density at radius 3 is 3.00 bits per heavy atom. The van der Waals surface area contributed by atoms with E-state index < -0.39 is 0 Å². The fraction of sp³-hybridized carbons (Fsp3) is 0.125. The number of nitrogens with zero attached hydrogens (tertiary/aromatic N) is 1. The second-order valence-corrected chi connectivity index (χ2v) is 3.13. The van der Waals surface area contributed by atoms with Gasteiger partial charge in [0.15, 0.2) is 0 Å². The normalized spacial score (nSPS) is 10.6. The van der Waals surface area contributed by atoms with Gasteiger partial charge in [-0.3, -0.25) is 0 Å². The molecule has 2 rings (SSSR count). The van der Waals surface area contributed by atoms with Crippen LogP contribution in [0, 0.1) is 0 Å². The van der Waals surface area contributed by atoms with Crippen LogP contribution in [-0.2, 0) is 11.7 Å².